The minimum absolute atomic E-state index is 0.605. The summed E-state index contributed by atoms with van der Waals surface area (Å²) < 4.78 is 7.45. The predicted octanol–water partition coefficient (Wildman–Crippen LogP) is 4.86. The van der Waals surface area contributed by atoms with Crippen LogP contribution in [0.2, 0.25) is 0 Å². The highest BCUT2D eigenvalue weighted by atomic mass is 16.5. The van der Waals surface area contributed by atoms with Gasteiger partial charge in [0.25, 0.3) is 0 Å². The normalized spacial score (nSPS) is 11.6. The number of hydrogen-bond acceptors (Lipinski definition) is 5. The molecule has 0 aliphatic heterocycles. The maximum atomic E-state index is 5.32. The Hall–Kier alpha value is -3.15. The maximum absolute atomic E-state index is 5.32. The molecule has 140 valence electrons. The van der Waals surface area contributed by atoms with E-state index in [2.05, 4.69) is 49.9 Å². The summed E-state index contributed by atoms with van der Waals surface area (Å²) in [6.07, 6.45) is 2.08. The summed E-state index contributed by atoms with van der Waals surface area (Å²) in [7, 11) is 0. The molecule has 6 heteroatoms. The van der Waals surface area contributed by atoms with Gasteiger partial charge in [-0.05, 0) is 51.6 Å². The second-order valence-corrected chi connectivity index (χ2v) is 6.43. The molecule has 0 saturated heterocycles. The molecule has 3 aromatic rings. The Morgan fingerprint density at radius 1 is 1.30 bits per heavy atom. The Labute approximate surface area is 159 Å². The average molecular weight is 363 g/mol. The standard InChI is InChI=1S/C21H25N5O/c1-6-23-21-24-20(22-5)18(26(21)13-17-10-8-7-9-11-17)12-14(2)19-15(3)25-27-16(19)4/h7-12H,5-6,13H2,1-4H3,(H,23,24)/b14-12+. The van der Waals surface area contributed by atoms with Crippen LogP contribution in [-0.4, -0.2) is 28.0 Å². The first-order chi connectivity index (χ1) is 13.0. The van der Waals surface area contributed by atoms with Crippen LogP contribution in [0, 0.1) is 13.8 Å². The number of aromatic nitrogens is 3. The average Bonchev–Trinajstić information content (AvgIpc) is 3.16. The number of benzene rings is 1. The van der Waals surface area contributed by atoms with Gasteiger partial charge in [0.15, 0.2) is 5.82 Å². The quantitative estimate of drug-likeness (QED) is 0.609. The third-order valence-electron chi connectivity index (χ3n) is 4.44. The molecule has 0 amide bonds. The molecule has 27 heavy (non-hydrogen) atoms. The first kappa shape index (κ1) is 18.6. The molecule has 1 aromatic carbocycles. The molecule has 2 aromatic heterocycles. The molecule has 1 N–H and O–H groups in total. The number of rotatable bonds is 7. The van der Waals surface area contributed by atoms with Crippen LogP contribution in [0.1, 0.15) is 42.1 Å². The van der Waals surface area contributed by atoms with E-state index in [4.69, 9.17) is 4.52 Å². The van der Waals surface area contributed by atoms with Gasteiger partial charge in [-0.25, -0.2) is 4.99 Å². The fourth-order valence-electron chi connectivity index (χ4n) is 3.25. The molecule has 0 fully saturated rings. The predicted molar refractivity (Wildman–Crippen MR) is 111 cm³/mol. The van der Waals surface area contributed by atoms with Gasteiger partial charge < -0.3 is 14.4 Å². The lowest BCUT2D eigenvalue weighted by Crippen LogP contribution is -2.09. The lowest BCUT2D eigenvalue weighted by Gasteiger charge is -2.12. The lowest BCUT2D eigenvalue weighted by atomic mass is 10.0. The second kappa shape index (κ2) is 8.03. The summed E-state index contributed by atoms with van der Waals surface area (Å²) in [5, 5.41) is 7.39. The Bertz CT molecular complexity index is 947. The van der Waals surface area contributed by atoms with Crippen molar-refractivity contribution in [2.45, 2.75) is 34.2 Å². The molecule has 0 saturated carbocycles. The Kier molecular flexibility index (Phi) is 5.54. The smallest absolute Gasteiger partial charge is 0.205 e. The minimum atomic E-state index is 0.605. The summed E-state index contributed by atoms with van der Waals surface area (Å²) >= 11 is 0. The third-order valence-corrected chi connectivity index (χ3v) is 4.44. The number of allylic oxidation sites excluding steroid dienone is 1. The SMILES string of the molecule is C=Nc1nc(NCC)n(Cc2ccccc2)c1/C=C(\C)c1c(C)noc1C. The molecule has 0 unspecified atom stereocenters. The second-order valence-electron chi connectivity index (χ2n) is 6.43. The van der Waals surface area contributed by atoms with Crippen molar-refractivity contribution in [2.75, 3.05) is 11.9 Å². The first-order valence-electron chi connectivity index (χ1n) is 9.01. The van der Waals surface area contributed by atoms with Crippen LogP contribution < -0.4 is 5.32 Å². The fraction of sp³-hybridized carbons (Fsp3) is 0.286. The number of nitrogens with one attached hydrogen (secondary N) is 1. The molecule has 0 aliphatic carbocycles. The summed E-state index contributed by atoms with van der Waals surface area (Å²) in [5.74, 6) is 2.19. The fourth-order valence-corrected chi connectivity index (χ4v) is 3.25. The van der Waals surface area contributed by atoms with Crippen molar-refractivity contribution in [1.82, 2.24) is 14.7 Å². The highest BCUT2D eigenvalue weighted by Gasteiger charge is 2.17. The van der Waals surface area contributed by atoms with Gasteiger partial charge in [-0.15, -0.1) is 0 Å². The monoisotopic (exact) mass is 363 g/mol. The van der Waals surface area contributed by atoms with Crippen molar-refractivity contribution >= 4 is 30.1 Å². The van der Waals surface area contributed by atoms with Crippen LogP contribution in [0.5, 0.6) is 0 Å². The highest BCUT2D eigenvalue weighted by Crippen LogP contribution is 2.30. The summed E-state index contributed by atoms with van der Waals surface area (Å²) in [6, 6.07) is 10.3. The van der Waals surface area contributed by atoms with Gasteiger partial charge in [-0.3, -0.25) is 0 Å². The van der Waals surface area contributed by atoms with E-state index in [0.29, 0.717) is 12.4 Å². The van der Waals surface area contributed by atoms with E-state index in [9.17, 15) is 0 Å². The largest absolute Gasteiger partial charge is 0.361 e. The van der Waals surface area contributed by atoms with E-state index < -0.39 is 0 Å². The number of anilines is 1. The van der Waals surface area contributed by atoms with Gasteiger partial charge in [0.2, 0.25) is 5.95 Å². The lowest BCUT2D eigenvalue weighted by molar-refractivity contribution is 0.393. The highest BCUT2D eigenvalue weighted by molar-refractivity contribution is 5.84. The maximum Gasteiger partial charge on any atom is 0.205 e. The zero-order valence-corrected chi connectivity index (χ0v) is 16.3. The Morgan fingerprint density at radius 3 is 2.63 bits per heavy atom. The van der Waals surface area contributed by atoms with Crippen LogP contribution in [0.3, 0.4) is 0 Å². The number of aliphatic imine (C=N–C) groups is 1. The minimum Gasteiger partial charge on any atom is -0.361 e. The van der Waals surface area contributed by atoms with Gasteiger partial charge >= 0.3 is 0 Å². The number of hydrogen-bond donors (Lipinski definition) is 1. The summed E-state index contributed by atoms with van der Waals surface area (Å²) in [6.45, 7) is 13.1. The van der Waals surface area contributed by atoms with Crippen LogP contribution in [0.4, 0.5) is 11.8 Å². The van der Waals surface area contributed by atoms with Crippen molar-refractivity contribution < 1.29 is 4.52 Å². The summed E-state index contributed by atoms with van der Waals surface area (Å²) in [4.78, 5) is 8.78. The van der Waals surface area contributed by atoms with Crippen molar-refractivity contribution in [3.63, 3.8) is 0 Å². The first-order valence-corrected chi connectivity index (χ1v) is 9.01. The van der Waals surface area contributed by atoms with Gasteiger partial charge in [-0.2, -0.15) is 4.98 Å². The topological polar surface area (TPSA) is 68.2 Å². The van der Waals surface area contributed by atoms with Crippen molar-refractivity contribution in [1.29, 1.82) is 0 Å². The molecule has 0 atom stereocenters. The third kappa shape index (κ3) is 3.84. The van der Waals surface area contributed by atoms with E-state index >= 15 is 0 Å². The number of aryl methyl sites for hydroxylation is 2. The van der Waals surface area contributed by atoms with Crippen molar-refractivity contribution in [3.05, 3.63) is 58.6 Å². The summed E-state index contributed by atoms with van der Waals surface area (Å²) in [5.41, 5.74) is 5.03. The molecule has 0 radical (unpaired) electrons. The Morgan fingerprint density at radius 2 is 2.04 bits per heavy atom. The van der Waals surface area contributed by atoms with E-state index in [1.54, 1.807) is 0 Å². The van der Waals surface area contributed by atoms with Crippen LogP contribution in [0.15, 0.2) is 39.8 Å². The molecule has 0 bridgehead atoms. The van der Waals surface area contributed by atoms with Gasteiger partial charge in [0.1, 0.15) is 5.76 Å². The van der Waals surface area contributed by atoms with E-state index in [0.717, 1.165) is 40.8 Å². The van der Waals surface area contributed by atoms with Gasteiger partial charge in [-0.1, -0.05) is 35.5 Å². The van der Waals surface area contributed by atoms with E-state index in [-0.39, 0.29) is 0 Å². The van der Waals surface area contributed by atoms with E-state index in [1.807, 2.05) is 45.9 Å². The number of imidazole rings is 1. The van der Waals surface area contributed by atoms with Crippen molar-refractivity contribution in [2.24, 2.45) is 4.99 Å². The molecule has 6 nitrogen and oxygen atoms in total. The molecule has 2 heterocycles. The van der Waals surface area contributed by atoms with Crippen molar-refractivity contribution in [3.8, 4) is 0 Å². The zero-order valence-electron chi connectivity index (χ0n) is 16.3. The Balaban J connectivity index is 2.12. The zero-order chi connectivity index (χ0) is 19.4. The van der Waals surface area contributed by atoms with Crippen LogP contribution >= 0.6 is 0 Å². The van der Waals surface area contributed by atoms with E-state index in [1.165, 1.54) is 5.56 Å². The van der Waals surface area contributed by atoms with Gasteiger partial charge in [0.05, 0.1) is 17.9 Å². The molecular weight excluding hydrogens is 338 g/mol. The van der Waals surface area contributed by atoms with Crippen LogP contribution in [-0.2, 0) is 6.54 Å². The molecule has 0 aliphatic rings. The molecule has 0 spiro atoms. The number of nitrogens with zero attached hydrogens (tertiary/aromatic N) is 4. The van der Waals surface area contributed by atoms with Crippen LogP contribution in [0.25, 0.3) is 11.6 Å². The molecule has 3 rings (SSSR count). The van der Waals surface area contributed by atoms with Gasteiger partial charge in [0, 0.05) is 12.1 Å². The molecular formula is C21H25N5O.